The number of anilines is 1. The van der Waals surface area contributed by atoms with Gasteiger partial charge in [-0.2, -0.15) is 5.10 Å². The van der Waals surface area contributed by atoms with Gasteiger partial charge in [-0.05, 0) is 37.1 Å². The quantitative estimate of drug-likeness (QED) is 0.586. The summed E-state index contributed by atoms with van der Waals surface area (Å²) in [5, 5.41) is 8.39. The van der Waals surface area contributed by atoms with Crippen molar-refractivity contribution in [3.8, 4) is 5.69 Å². The Morgan fingerprint density at radius 2 is 1.66 bits per heavy atom. The molecule has 1 aliphatic heterocycles. The average Bonchev–Trinajstić information content (AvgIpc) is 3.09. The van der Waals surface area contributed by atoms with Crippen LogP contribution in [0.1, 0.15) is 23.7 Å². The predicted octanol–water partition coefficient (Wildman–Crippen LogP) is 4.15. The van der Waals surface area contributed by atoms with Crippen LogP contribution in [0.3, 0.4) is 0 Å². The molecule has 2 aromatic carbocycles. The van der Waals surface area contributed by atoms with Gasteiger partial charge in [-0.15, -0.1) is 0 Å². The Balaban J connectivity index is 1.31. The molecule has 1 aromatic heterocycles. The second kappa shape index (κ2) is 10.3. The van der Waals surface area contributed by atoms with E-state index in [1.807, 2.05) is 55.5 Å². The molecule has 0 bridgehead atoms. The van der Waals surface area contributed by atoms with E-state index in [4.69, 9.17) is 11.6 Å². The molecule has 6 nitrogen and oxygen atoms in total. The van der Waals surface area contributed by atoms with E-state index >= 15 is 0 Å². The van der Waals surface area contributed by atoms with Gasteiger partial charge in [0, 0.05) is 44.0 Å². The highest BCUT2D eigenvalue weighted by Crippen LogP contribution is 2.25. The van der Waals surface area contributed by atoms with Gasteiger partial charge in [0.05, 0.1) is 17.9 Å². The van der Waals surface area contributed by atoms with Gasteiger partial charge in [0.1, 0.15) is 5.15 Å². The molecule has 0 atom stereocenters. The minimum atomic E-state index is 0.0439. The highest BCUT2D eigenvalue weighted by Gasteiger charge is 2.22. The zero-order chi connectivity index (χ0) is 22.5. The number of hydrogen-bond donors (Lipinski definition) is 1. The van der Waals surface area contributed by atoms with E-state index in [2.05, 4.69) is 33.2 Å². The molecule has 1 amide bonds. The van der Waals surface area contributed by atoms with Crippen LogP contribution in [0.2, 0.25) is 5.15 Å². The van der Waals surface area contributed by atoms with Gasteiger partial charge in [-0.25, -0.2) is 4.68 Å². The lowest BCUT2D eigenvalue weighted by Gasteiger charge is -2.34. The number of hydrogen-bond acceptors (Lipinski definition) is 4. The van der Waals surface area contributed by atoms with Gasteiger partial charge in [0.2, 0.25) is 5.91 Å². The average molecular weight is 452 g/mol. The molecule has 0 radical (unpaired) electrons. The summed E-state index contributed by atoms with van der Waals surface area (Å²) in [6.07, 6.45) is 0.901. The summed E-state index contributed by atoms with van der Waals surface area (Å²) in [5.74, 6) is 0.0439. The maximum atomic E-state index is 12.6. The number of rotatable bonds is 7. The molecule has 2 heterocycles. The Kier molecular flexibility index (Phi) is 7.25. The third kappa shape index (κ3) is 5.21. The van der Waals surface area contributed by atoms with Crippen LogP contribution in [0.4, 0.5) is 5.69 Å². The molecule has 0 unspecified atom stereocenters. The maximum Gasteiger partial charge on any atom is 0.238 e. The fourth-order valence-corrected chi connectivity index (χ4v) is 4.46. The Morgan fingerprint density at radius 1 is 1.00 bits per heavy atom. The maximum absolute atomic E-state index is 12.6. The molecule has 0 spiro atoms. The highest BCUT2D eigenvalue weighted by atomic mass is 35.5. The van der Waals surface area contributed by atoms with E-state index in [-0.39, 0.29) is 5.91 Å². The molecule has 4 rings (SSSR count). The van der Waals surface area contributed by atoms with Crippen LogP contribution in [-0.4, -0.2) is 58.2 Å². The predicted molar refractivity (Wildman–Crippen MR) is 129 cm³/mol. The fraction of sp³-hybridized carbons (Fsp3) is 0.360. The first-order chi connectivity index (χ1) is 15.5. The van der Waals surface area contributed by atoms with Crippen molar-refractivity contribution >= 4 is 23.2 Å². The van der Waals surface area contributed by atoms with Gasteiger partial charge in [-0.3, -0.25) is 14.6 Å². The SMILES string of the molecule is CCc1ccccc1NC(=O)CN1CCN(Cc2c(C)nn(-c3ccccc3)c2Cl)CC1. The number of carbonyl (C=O) groups excluding carboxylic acids is 1. The van der Waals surface area contributed by atoms with Crippen LogP contribution < -0.4 is 5.32 Å². The zero-order valence-corrected chi connectivity index (χ0v) is 19.5. The van der Waals surface area contributed by atoms with E-state index in [0.717, 1.165) is 67.3 Å². The Hall–Kier alpha value is -2.67. The summed E-state index contributed by atoms with van der Waals surface area (Å²) in [6, 6.07) is 18.0. The second-order valence-electron chi connectivity index (χ2n) is 8.21. The zero-order valence-electron chi connectivity index (χ0n) is 18.7. The number of nitrogens with one attached hydrogen (secondary N) is 1. The van der Waals surface area contributed by atoms with E-state index in [1.54, 1.807) is 4.68 Å². The van der Waals surface area contributed by atoms with Gasteiger partial charge in [-0.1, -0.05) is 54.9 Å². The number of piperazine rings is 1. The van der Waals surface area contributed by atoms with Crippen LogP contribution in [0.5, 0.6) is 0 Å². The number of benzene rings is 2. The van der Waals surface area contributed by atoms with E-state index < -0.39 is 0 Å². The van der Waals surface area contributed by atoms with Crippen molar-refractivity contribution < 1.29 is 4.79 Å². The van der Waals surface area contributed by atoms with Crippen molar-refractivity contribution in [3.63, 3.8) is 0 Å². The van der Waals surface area contributed by atoms with Crippen molar-refractivity contribution in [1.29, 1.82) is 0 Å². The van der Waals surface area contributed by atoms with Gasteiger partial charge in [0.15, 0.2) is 0 Å². The summed E-state index contributed by atoms with van der Waals surface area (Å²) in [4.78, 5) is 17.1. The van der Waals surface area contributed by atoms with E-state index in [0.29, 0.717) is 11.7 Å². The third-order valence-corrected chi connectivity index (χ3v) is 6.40. The lowest BCUT2D eigenvalue weighted by atomic mass is 10.1. The summed E-state index contributed by atoms with van der Waals surface area (Å²) < 4.78 is 1.81. The topological polar surface area (TPSA) is 53.4 Å². The summed E-state index contributed by atoms with van der Waals surface area (Å²) in [7, 11) is 0. The molecule has 1 aliphatic rings. The number of amides is 1. The Labute approximate surface area is 194 Å². The molecule has 1 saturated heterocycles. The molecule has 32 heavy (non-hydrogen) atoms. The lowest BCUT2D eigenvalue weighted by Crippen LogP contribution is -2.48. The lowest BCUT2D eigenvalue weighted by molar-refractivity contribution is -0.117. The first kappa shape index (κ1) is 22.5. The van der Waals surface area contributed by atoms with Crippen LogP contribution in [0.15, 0.2) is 54.6 Å². The first-order valence-corrected chi connectivity index (χ1v) is 11.5. The number of aromatic nitrogens is 2. The molecule has 7 heteroatoms. The van der Waals surface area contributed by atoms with Crippen molar-refractivity contribution in [1.82, 2.24) is 19.6 Å². The van der Waals surface area contributed by atoms with Crippen LogP contribution in [-0.2, 0) is 17.8 Å². The number of para-hydroxylation sites is 2. The van der Waals surface area contributed by atoms with Crippen LogP contribution >= 0.6 is 11.6 Å². The molecule has 1 N–H and O–H groups in total. The molecule has 0 saturated carbocycles. The summed E-state index contributed by atoms with van der Waals surface area (Å²) >= 11 is 6.69. The molecule has 0 aliphatic carbocycles. The third-order valence-electron chi connectivity index (χ3n) is 6.01. The number of nitrogens with zero attached hydrogens (tertiary/aromatic N) is 4. The van der Waals surface area contributed by atoms with E-state index in [9.17, 15) is 4.79 Å². The summed E-state index contributed by atoms with van der Waals surface area (Å²) in [6.45, 7) is 8.78. The second-order valence-corrected chi connectivity index (χ2v) is 8.57. The number of halogens is 1. The van der Waals surface area contributed by atoms with Crippen molar-refractivity contribution in [3.05, 3.63) is 76.6 Å². The fourth-order valence-electron chi connectivity index (χ4n) is 4.12. The minimum absolute atomic E-state index is 0.0439. The number of aryl methyl sites for hydroxylation is 2. The Bertz CT molecular complexity index is 1060. The molecule has 168 valence electrons. The Morgan fingerprint density at radius 3 is 2.38 bits per heavy atom. The van der Waals surface area contributed by atoms with E-state index in [1.165, 1.54) is 0 Å². The molecular weight excluding hydrogens is 422 g/mol. The van der Waals surface area contributed by atoms with Gasteiger partial charge < -0.3 is 5.32 Å². The molecule has 3 aromatic rings. The molecule has 1 fully saturated rings. The monoisotopic (exact) mass is 451 g/mol. The first-order valence-electron chi connectivity index (χ1n) is 11.2. The normalized spacial score (nSPS) is 15.1. The van der Waals surface area contributed by atoms with Crippen molar-refractivity contribution in [2.24, 2.45) is 0 Å². The minimum Gasteiger partial charge on any atom is -0.325 e. The van der Waals surface area contributed by atoms with Gasteiger partial charge >= 0.3 is 0 Å². The van der Waals surface area contributed by atoms with Crippen molar-refractivity contribution in [2.45, 2.75) is 26.8 Å². The summed E-state index contributed by atoms with van der Waals surface area (Å²) in [5.41, 5.74) is 5.06. The number of carbonyl (C=O) groups is 1. The standard InChI is InChI=1S/C25H30ClN5O/c1-3-20-9-7-8-12-23(20)27-24(32)18-30-15-13-29(14-16-30)17-22-19(2)28-31(25(22)26)21-10-5-4-6-11-21/h4-12H,3,13-18H2,1-2H3,(H,27,32). The van der Waals surface area contributed by atoms with Crippen LogP contribution in [0, 0.1) is 6.92 Å². The van der Waals surface area contributed by atoms with Crippen molar-refractivity contribution in [2.75, 3.05) is 38.0 Å². The largest absolute Gasteiger partial charge is 0.325 e. The highest BCUT2D eigenvalue weighted by molar-refractivity contribution is 6.30. The smallest absolute Gasteiger partial charge is 0.238 e. The van der Waals surface area contributed by atoms with Gasteiger partial charge in [0.25, 0.3) is 0 Å². The molecular formula is C25H30ClN5O. The van der Waals surface area contributed by atoms with Crippen LogP contribution in [0.25, 0.3) is 5.69 Å².